The maximum atomic E-state index is 6.44. The van der Waals surface area contributed by atoms with Crippen molar-refractivity contribution in [2.24, 2.45) is 0 Å². The molecule has 0 unspecified atom stereocenters. The molecule has 27 heavy (non-hydrogen) atoms. The number of anilines is 1. The molecular formula is C19H18Cl3N3OS. The standard InChI is InChI=1S/C19H18Cl3N3OS/c1-24(2)19-14(11-26-13-7-5-4-6-8-13)18(27-3)23-25(19)17-15(21)9-12(20)10-16(17)22/h4-10H,11H2,1-3H3. The summed E-state index contributed by atoms with van der Waals surface area (Å²) in [4.78, 5) is 1.97. The third kappa shape index (κ3) is 4.32. The molecule has 0 fully saturated rings. The molecule has 0 bridgehead atoms. The van der Waals surface area contributed by atoms with Gasteiger partial charge in [-0.25, -0.2) is 4.68 Å². The minimum Gasteiger partial charge on any atom is -0.489 e. The third-order valence-corrected chi connectivity index (χ3v) is 5.37. The first kappa shape index (κ1) is 20.2. The van der Waals surface area contributed by atoms with Crippen molar-refractivity contribution >= 4 is 52.4 Å². The number of halogens is 3. The lowest BCUT2D eigenvalue weighted by Crippen LogP contribution is -2.17. The van der Waals surface area contributed by atoms with Crippen molar-refractivity contribution < 1.29 is 4.74 Å². The fraction of sp³-hybridized carbons (Fsp3) is 0.211. The largest absolute Gasteiger partial charge is 0.489 e. The summed E-state index contributed by atoms with van der Waals surface area (Å²) in [7, 11) is 3.89. The highest BCUT2D eigenvalue weighted by atomic mass is 35.5. The molecule has 8 heteroatoms. The fourth-order valence-electron chi connectivity index (χ4n) is 2.74. The van der Waals surface area contributed by atoms with Crippen LogP contribution in [0.4, 0.5) is 5.82 Å². The Balaban J connectivity index is 2.10. The average molecular weight is 443 g/mol. The van der Waals surface area contributed by atoms with Crippen molar-refractivity contribution in [3.05, 3.63) is 63.1 Å². The number of nitrogens with zero attached hydrogens (tertiary/aromatic N) is 3. The molecule has 0 aliphatic rings. The van der Waals surface area contributed by atoms with E-state index in [9.17, 15) is 0 Å². The summed E-state index contributed by atoms with van der Waals surface area (Å²) in [6.07, 6.45) is 1.98. The van der Waals surface area contributed by atoms with Gasteiger partial charge in [-0.3, -0.25) is 0 Å². The third-order valence-electron chi connectivity index (χ3n) is 3.86. The Morgan fingerprint density at radius 3 is 2.26 bits per heavy atom. The van der Waals surface area contributed by atoms with Crippen LogP contribution >= 0.6 is 46.6 Å². The number of benzene rings is 2. The number of thioether (sulfide) groups is 1. The van der Waals surface area contributed by atoms with E-state index in [1.165, 1.54) is 0 Å². The van der Waals surface area contributed by atoms with Crippen LogP contribution < -0.4 is 9.64 Å². The van der Waals surface area contributed by atoms with E-state index in [1.807, 2.05) is 55.6 Å². The predicted molar refractivity (Wildman–Crippen MR) is 115 cm³/mol. The van der Waals surface area contributed by atoms with Gasteiger partial charge in [0.15, 0.2) is 0 Å². The molecule has 2 aromatic carbocycles. The van der Waals surface area contributed by atoms with E-state index in [2.05, 4.69) is 0 Å². The van der Waals surface area contributed by atoms with Gasteiger partial charge in [-0.05, 0) is 30.5 Å². The first-order valence-electron chi connectivity index (χ1n) is 8.08. The zero-order chi connectivity index (χ0) is 19.6. The molecule has 0 aliphatic heterocycles. The Bertz CT molecular complexity index is 922. The van der Waals surface area contributed by atoms with E-state index in [1.54, 1.807) is 28.6 Å². The van der Waals surface area contributed by atoms with Crippen molar-refractivity contribution in [2.75, 3.05) is 25.3 Å². The second kappa shape index (κ2) is 8.65. The van der Waals surface area contributed by atoms with Crippen LogP contribution in [0, 0.1) is 0 Å². The quantitative estimate of drug-likeness (QED) is 0.425. The van der Waals surface area contributed by atoms with Crippen molar-refractivity contribution in [2.45, 2.75) is 11.6 Å². The lowest BCUT2D eigenvalue weighted by atomic mass is 10.3. The maximum Gasteiger partial charge on any atom is 0.139 e. The van der Waals surface area contributed by atoms with Crippen LogP contribution in [-0.4, -0.2) is 30.1 Å². The number of hydrogen-bond acceptors (Lipinski definition) is 4. The van der Waals surface area contributed by atoms with Gasteiger partial charge in [0.2, 0.25) is 0 Å². The molecule has 0 atom stereocenters. The Morgan fingerprint density at radius 2 is 1.70 bits per heavy atom. The first-order chi connectivity index (χ1) is 12.9. The summed E-state index contributed by atoms with van der Waals surface area (Å²) in [5.74, 6) is 1.64. The number of ether oxygens (including phenoxy) is 1. The molecule has 0 saturated carbocycles. The molecule has 4 nitrogen and oxygen atoms in total. The Labute approximate surface area is 178 Å². The van der Waals surface area contributed by atoms with Crippen LogP contribution in [0.2, 0.25) is 15.1 Å². The molecule has 0 spiro atoms. The SMILES string of the molecule is CSc1nn(-c2c(Cl)cc(Cl)cc2Cl)c(N(C)C)c1COc1ccccc1. The lowest BCUT2D eigenvalue weighted by molar-refractivity contribution is 0.303. The first-order valence-corrected chi connectivity index (χ1v) is 10.4. The Hall–Kier alpha value is -1.53. The van der Waals surface area contributed by atoms with Crippen LogP contribution in [0.25, 0.3) is 5.69 Å². The van der Waals surface area contributed by atoms with Gasteiger partial charge in [0, 0.05) is 19.1 Å². The topological polar surface area (TPSA) is 30.3 Å². The highest BCUT2D eigenvalue weighted by Crippen LogP contribution is 2.38. The normalized spacial score (nSPS) is 10.9. The van der Waals surface area contributed by atoms with Gasteiger partial charge in [0.1, 0.15) is 28.9 Å². The van der Waals surface area contributed by atoms with Crippen molar-refractivity contribution in [3.63, 3.8) is 0 Å². The molecule has 0 N–H and O–H groups in total. The summed E-state index contributed by atoms with van der Waals surface area (Å²) < 4.78 is 7.72. The van der Waals surface area contributed by atoms with E-state index in [0.29, 0.717) is 27.4 Å². The molecular weight excluding hydrogens is 425 g/mol. The number of hydrogen-bond donors (Lipinski definition) is 0. The van der Waals surface area contributed by atoms with Crippen LogP contribution in [0.1, 0.15) is 5.56 Å². The average Bonchev–Trinajstić information content (AvgIpc) is 2.98. The monoisotopic (exact) mass is 441 g/mol. The molecule has 1 aromatic heterocycles. The van der Waals surface area contributed by atoms with Gasteiger partial charge in [-0.1, -0.05) is 53.0 Å². The van der Waals surface area contributed by atoms with Gasteiger partial charge >= 0.3 is 0 Å². The van der Waals surface area contributed by atoms with Crippen LogP contribution in [0.5, 0.6) is 5.75 Å². The number of aromatic nitrogens is 2. The lowest BCUT2D eigenvalue weighted by Gasteiger charge is -2.19. The number of para-hydroxylation sites is 1. The van der Waals surface area contributed by atoms with Crippen molar-refractivity contribution in [1.82, 2.24) is 9.78 Å². The second-order valence-corrected chi connectivity index (χ2v) is 7.98. The van der Waals surface area contributed by atoms with E-state index in [4.69, 9.17) is 44.6 Å². The van der Waals surface area contributed by atoms with Gasteiger partial charge in [-0.15, -0.1) is 11.8 Å². The van der Waals surface area contributed by atoms with Crippen molar-refractivity contribution in [1.29, 1.82) is 0 Å². The van der Waals surface area contributed by atoms with Crippen LogP contribution in [-0.2, 0) is 6.61 Å². The van der Waals surface area contributed by atoms with E-state index in [0.717, 1.165) is 22.2 Å². The maximum absolute atomic E-state index is 6.44. The molecule has 3 aromatic rings. The summed E-state index contributed by atoms with van der Waals surface area (Å²) in [5, 5.41) is 6.91. The molecule has 0 saturated heterocycles. The van der Waals surface area contributed by atoms with Gasteiger partial charge in [0.25, 0.3) is 0 Å². The molecule has 0 amide bonds. The molecule has 0 aliphatic carbocycles. The second-order valence-electron chi connectivity index (χ2n) is 5.94. The summed E-state index contributed by atoms with van der Waals surface area (Å²) in [6.45, 7) is 0.372. The van der Waals surface area contributed by atoms with E-state index >= 15 is 0 Å². The van der Waals surface area contributed by atoms with E-state index in [-0.39, 0.29) is 0 Å². The highest BCUT2D eigenvalue weighted by molar-refractivity contribution is 7.98. The molecule has 3 rings (SSSR count). The van der Waals surface area contributed by atoms with Crippen LogP contribution in [0.15, 0.2) is 47.5 Å². The minimum atomic E-state index is 0.372. The minimum absolute atomic E-state index is 0.372. The summed E-state index contributed by atoms with van der Waals surface area (Å²) in [5.41, 5.74) is 1.55. The fourth-order valence-corrected chi connectivity index (χ4v) is 4.27. The Kier molecular flexibility index (Phi) is 6.48. The Morgan fingerprint density at radius 1 is 1.07 bits per heavy atom. The predicted octanol–water partition coefficient (Wildman–Crippen LogP) is 6.20. The highest BCUT2D eigenvalue weighted by Gasteiger charge is 2.24. The zero-order valence-corrected chi connectivity index (χ0v) is 18.1. The van der Waals surface area contributed by atoms with Crippen LogP contribution in [0.3, 0.4) is 0 Å². The van der Waals surface area contributed by atoms with Gasteiger partial charge in [-0.2, -0.15) is 5.10 Å². The number of rotatable bonds is 6. The zero-order valence-electron chi connectivity index (χ0n) is 15.0. The molecule has 0 radical (unpaired) electrons. The van der Waals surface area contributed by atoms with Gasteiger partial charge < -0.3 is 9.64 Å². The summed E-state index contributed by atoms with van der Waals surface area (Å²) >= 11 is 20.5. The van der Waals surface area contributed by atoms with Crippen molar-refractivity contribution in [3.8, 4) is 11.4 Å². The van der Waals surface area contributed by atoms with E-state index < -0.39 is 0 Å². The van der Waals surface area contributed by atoms with Gasteiger partial charge in [0.05, 0.1) is 15.6 Å². The molecule has 142 valence electrons. The molecule has 1 heterocycles. The smallest absolute Gasteiger partial charge is 0.139 e. The summed E-state index contributed by atoms with van der Waals surface area (Å²) in [6, 6.07) is 13.0.